The van der Waals surface area contributed by atoms with Crippen molar-refractivity contribution in [3.05, 3.63) is 6.92 Å². The monoisotopic (exact) mass is 169 g/mol. The van der Waals surface area contributed by atoms with Crippen molar-refractivity contribution in [2.75, 3.05) is 0 Å². The van der Waals surface area contributed by atoms with Crippen LogP contribution in [0.5, 0.6) is 0 Å². The van der Waals surface area contributed by atoms with Crippen molar-refractivity contribution in [3.8, 4) is 0 Å². The van der Waals surface area contributed by atoms with Crippen molar-refractivity contribution >= 4 is 0 Å². The maximum atomic E-state index is 4.03. The second-order valence-corrected chi connectivity index (χ2v) is 4.60. The van der Waals surface area contributed by atoms with Gasteiger partial charge in [-0.2, -0.15) is 0 Å². The van der Waals surface area contributed by atoms with Gasteiger partial charge in [0.05, 0.1) is 0 Å². The second kappa shape index (κ2) is 4.89. The van der Waals surface area contributed by atoms with Crippen LogP contribution in [0, 0.1) is 24.2 Å². The van der Waals surface area contributed by atoms with Crippen LogP contribution in [0.25, 0.3) is 0 Å². The standard InChI is InChI=1S/C12H25/c1-7-11(8-2)10(4)12(5,6)9-3/h10-11H,3,7-9H2,1-2,4-6H3. The topological polar surface area (TPSA) is 0 Å². The molecule has 0 aliphatic rings. The van der Waals surface area contributed by atoms with Gasteiger partial charge >= 0.3 is 0 Å². The average molecular weight is 169 g/mol. The first-order valence-electron chi connectivity index (χ1n) is 5.28. The minimum Gasteiger partial charge on any atom is -0.0651 e. The van der Waals surface area contributed by atoms with E-state index in [0.717, 1.165) is 18.3 Å². The smallest absolute Gasteiger partial charge is 0.0326 e. The third-order valence-electron chi connectivity index (χ3n) is 3.63. The van der Waals surface area contributed by atoms with Crippen LogP contribution in [-0.2, 0) is 0 Å². The van der Waals surface area contributed by atoms with E-state index in [1.165, 1.54) is 12.8 Å². The first kappa shape index (κ1) is 12.0. The molecule has 1 atom stereocenters. The summed E-state index contributed by atoms with van der Waals surface area (Å²) >= 11 is 0. The first-order valence-corrected chi connectivity index (χ1v) is 5.28. The molecule has 12 heavy (non-hydrogen) atoms. The van der Waals surface area contributed by atoms with Gasteiger partial charge in [-0.05, 0) is 23.7 Å². The summed E-state index contributed by atoms with van der Waals surface area (Å²) in [6.45, 7) is 15.7. The number of rotatable bonds is 5. The predicted octanol–water partition coefficient (Wildman–Crippen LogP) is 4.31. The van der Waals surface area contributed by atoms with Crippen LogP contribution in [0.4, 0.5) is 0 Å². The summed E-state index contributed by atoms with van der Waals surface area (Å²) in [5.74, 6) is 1.67. The van der Waals surface area contributed by atoms with Crippen molar-refractivity contribution < 1.29 is 0 Å². The van der Waals surface area contributed by atoms with E-state index >= 15 is 0 Å². The van der Waals surface area contributed by atoms with Gasteiger partial charge in [0.1, 0.15) is 0 Å². The van der Waals surface area contributed by atoms with Crippen LogP contribution >= 0.6 is 0 Å². The molecule has 1 radical (unpaired) electrons. The molecule has 0 aliphatic carbocycles. The molecule has 0 aromatic carbocycles. The molecule has 0 amide bonds. The van der Waals surface area contributed by atoms with Crippen LogP contribution < -0.4 is 0 Å². The van der Waals surface area contributed by atoms with E-state index in [1.54, 1.807) is 0 Å². The molecule has 73 valence electrons. The van der Waals surface area contributed by atoms with Gasteiger partial charge in [-0.25, -0.2) is 0 Å². The van der Waals surface area contributed by atoms with E-state index in [2.05, 4.69) is 41.5 Å². The van der Waals surface area contributed by atoms with Gasteiger partial charge in [-0.3, -0.25) is 0 Å². The molecule has 0 saturated heterocycles. The van der Waals surface area contributed by atoms with Crippen molar-refractivity contribution in [1.29, 1.82) is 0 Å². The molecule has 0 aromatic rings. The van der Waals surface area contributed by atoms with Crippen molar-refractivity contribution in [1.82, 2.24) is 0 Å². The molecule has 0 heteroatoms. The minimum absolute atomic E-state index is 0.413. The van der Waals surface area contributed by atoms with Crippen molar-refractivity contribution in [3.63, 3.8) is 0 Å². The van der Waals surface area contributed by atoms with Crippen LogP contribution in [0.1, 0.15) is 53.9 Å². The Bertz CT molecular complexity index is 109. The summed E-state index contributed by atoms with van der Waals surface area (Å²) in [7, 11) is 0. The summed E-state index contributed by atoms with van der Waals surface area (Å²) in [5, 5.41) is 0. The fourth-order valence-corrected chi connectivity index (χ4v) is 1.86. The summed E-state index contributed by atoms with van der Waals surface area (Å²) in [5.41, 5.74) is 0.413. The summed E-state index contributed by atoms with van der Waals surface area (Å²) < 4.78 is 0. The van der Waals surface area contributed by atoms with Gasteiger partial charge in [0.2, 0.25) is 0 Å². The second-order valence-electron chi connectivity index (χ2n) is 4.60. The largest absolute Gasteiger partial charge is 0.0651 e. The average Bonchev–Trinajstić information content (AvgIpc) is 2.06. The Hall–Kier alpha value is 0. The molecule has 0 heterocycles. The Morgan fingerprint density at radius 3 is 1.83 bits per heavy atom. The highest BCUT2D eigenvalue weighted by Crippen LogP contribution is 2.37. The Morgan fingerprint density at radius 1 is 1.17 bits per heavy atom. The fraction of sp³-hybridized carbons (Fsp3) is 0.917. The van der Waals surface area contributed by atoms with Gasteiger partial charge in [0.25, 0.3) is 0 Å². The van der Waals surface area contributed by atoms with E-state index in [4.69, 9.17) is 0 Å². The predicted molar refractivity (Wildman–Crippen MR) is 57.0 cm³/mol. The van der Waals surface area contributed by atoms with E-state index in [9.17, 15) is 0 Å². The van der Waals surface area contributed by atoms with Crippen LogP contribution in [-0.4, -0.2) is 0 Å². The molecule has 0 bridgehead atoms. The quantitative estimate of drug-likeness (QED) is 0.575. The van der Waals surface area contributed by atoms with E-state index < -0.39 is 0 Å². The zero-order valence-corrected chi connectivity index (χ0v) is 9.48. The third kappa shape index (κ3) is 2.80. The highest BCUT2D eigenvalue weighted by atomic mass is 14.3. The normalized spacial score (nSPS) is 15.2. The van der Waals surface area contributed by atoms with Gasteiger partial charge in [-0.15, -0.1) is 0 Å². The SMILES string of the molecule is [CH2]CC(C)(C)C(C)C(CC)CC. The molecule has 1 unspecified atom stereocenters. The molecular formula is C12H25. The molecule has 0 aromatic heterocycles. The lowest BCUT2D eigenvalue weighted by atomic mass is 9.70. The molecule has 0 nitrogen and oxygen atoms in total. The molecular weight excluding hydrogens is 144 g/mol. The molecule has 0 spiro atoms. The first-order chi connectivity index (χ1) is 5.49. The molecule has 0 aliphatic heterocycles. The molecule has 0 fully saturated rings. The zero-order chi connectivity index (χ0) is 9.78. The lowest BCUT2D eigenvalue weighted by molar-refractivity contribution is 0.149. The highest BCUT2D eigenvalue weighted by molar-refractivity contribution is 4.80. The Labute approximate surface area is 78.8 Å². The fourth-order valence-electron chi connectivity index (χ4n) is 1.86. The van der Waals surface area contributed by atoms with Gasteiger partial charge < -0.3 is 0 Å². The van der Waals surface area contributed by atoms with E-state index in [-0.39, 0.29) is 0 Å². The summed E-state index contributed by atoms with van der Waals surface area (Å²) in [4.78, 5) is 0. The van der Waals surface area contributed by atoms with E-state index in [1.807, 2.05) is 0 Å². The maximum absolute atomic E-state index is 4.03. The van der Waals surface area contributed by atoms with Crippen molar-refractivity contribution in [2.45, 2.75) is 53.9 Å². The van der Waals surface area contributed by atoms with Crippen LogP contribution in [0.3, 0.4) is 0 Å². The van der Waals surface area contributed by atoms with Crippen LogP contribution in [0.15, 0.2) is 0 Å². The molecule has 0 rings (SSSR count). The Morgan fingerprint density at radius 2 is 1.58 bits per heavy atom. The number of hydrogen-bond donors (Lipinski definition) is 0. The third-order valence-corrected chi connectivity index (χ3v) is 3.63. The Kier molecular flexibility index (Phi) is 4.89. The lowest BCUT2D eigenvalue weighted by Crippen LogP contribution is -2.27. The van der Waals surface area contributed by atoms with Gasteiger partial charge in [-0.1, -0.05) is 54.4 Å². The summed E-state index contributed by atoms with van der Waals surface area (Å²) in [6, 6.07) is 0. The molecule has 0 N–H and O–H groups in total. The molecule has 0 saturated carbocycles. The minimum atomic E-state index is 0.413. The Balaban J connectivity index is 4.23. The van der Waals surface area contributed by atoms with Crippen LogP contribution in [0.2, 0.25) is 0 Å². The lowest BCUT2D eigenvalue weighted by Gasteiger charge is -2.36. The maximum Gasteiger partial charge on any atom is -0.0326 e. The summed E-state index contributed by atoms with van der Waals surface area (Å²) in [6.07, 6.45) is 3.66. The highest BCUT2D eigenvalue weighted by Gasteiger charge is 2.28. The van der Waals surface area contributed by atoms with E-state index in [0.29, 0.717) is 5.41 Å². The van der Waals surface area contributed by atoms with Gasteiger partial charge in [0.15, 0.2) is 0 Å². The zero-order valence-electron chi connectivity index (χ0n) is 9.48. The number of hydrogen-bond acceptors (Lipinski definition) is 0. The van der Waals surface area contributed by atoms with Crippen molar-refractivity contribution in [2.24, 2.45) is 17.3 Å². The van der Waals surface area contributed by atoms with Gasteiger partial charge in [0, 0.05) is 0 Å².